The van der Waals surface area contributed by atoms with Gasteiger partial charge in [-0.15, -0.1) is 5.10 Å². The van der Waals surface area contributed by atoms with E-state index >= 15 is 0 Å². The maximum atomic E-state index is 13.2. The lowest BCUT2D eigenvalue weighted by Crippen LogP contribution is -2.34. The van der Waals surface area contributed by atoms with Gasteiger partial charge < -0.3 is 9.72 Å². The van der Waals surface area contributed by atoms with Crippen molar-refractivity contribution in [3.8, 4) is 5.75 Å². The molecule has 2 aromatic heterocycles. The molecule has 0 bridgehead atoms. The van der Waals surface area contributed by atoms with Gasteiger partial charge in [0.1, 0.15) is 5.75 Å². The predicted octanol–water partition coefficient (Wildman–Crippen LogP) is 5.47. The molecule has 0 fully saturated rings. The second kappa shape index (κ2) is 12.7. The summed E-state index contributed by atoms with van der Waals surface area (Å²) in [5.41, 5.74) is 5.04. The van der Waals surface area contributed by atoms with E-state index in [1.165, 1.54) is 11.1 Å². The van der Waals surface area contributed by atoms with Crippen LogP contribution >= 0.6 is 0 Å². The number of pyridine rings is 1. The number of ether oxygens (including phenoxy) is 1. The molecule has 8 heteroatoms. The zero-order valence-electron chi connectivity index (χ0n) is 23.4. The van der Waals surface area contributed by atoms with E-state index in [9.17, 15) is 4.79 Å². The monoisotopic (exact) mass is 536 g/mol. The van der Waals surface area contributed by atoms with Crippen LogP contribution in [-0.2, 0) is 19.5 Å². The molecule has 0 saturated carbocycles. The molecular weight excluding hydrogens is 500 g/mol. The number of nitrogens with one attached hydrogen (secondary N) is 1. The first kappa shape index (κ1) is 27.3. The topological polar surface area (TPSA) is 88.9 Å². The van der Waals surface area contributed by atoms with Gasteiger partial charge in [0.05, 0.1) is 19.2 Å². The summed E-state index contributed by atoms with van der Waals surface area (Å²) >= 11 is 0. The highest BCUT2D eigenvalue weighted by molar-refractivity contribution is 5.80. The lowest BCUT2D eigenvalue weighted by molar-refractivity contribution is 0.172. The molecule has 0 unspecified atom stereocenters. The van der Waals surface area contributed by atoms with Crippen LogP contribution in [0.4, 0.5) is 0 Å². The minimum Gasteiger partial charge on any atom is -0.494 e. The van der Waals surface area contributed by atoms with Crippen LogP contribution in [0.5, 0.6) is 5.75 Å². The number of hydrogen-bond donors (Lipinski definition) is 1. The summed E-state index contributed by atoms with van der Waals surface area (Å²) in [4.78, 5) is 18.6. The molecule has 206 valence electrons. The Hall–Kier alpha value is -4.30. The number of aromatic nitrogens is 5. The third-order valence-electron chi connectivity index (χ3n) is 7.21. The fourth-order valence-electron chi connectivity index (χ4n) is 5.23. The fraction of sp³-hybridized carbons (Fsp3) is 0.312. The smallest absolute Gasteiger partial charge is 0.252 e. The van der Waals surface area contributed by atoms with Gasteiger partial charge in [-0.05, 0) is 72.5 Å². The molecule has 5 rings (SSSR count). The van der Waals surface area contributed by atoms with Gasteiger partial charge in [-0.25, -0.2) is 4.68 Å². The van der Waals surface area contributed by atoms with Crippen LogP contribution < -0.4 is 10.3 Å². The third-order valence-corrected chi connectivity index (χ3v) is 7.21. The van der Waals surface area contributed by atoms with Crippen LogP contribution in [0.15, 0.2) is 83.7 Å². The first-order valence-electron chi connectivity index (χ1n) is 13.9. The Morgan fingerprint density at radius 2 is 1.80 bits per heavy atom. The Bertz CT molecular complexity index is 1610. The molecule has 40 heavy (non-hydrogen) atoms. The Balaban J connectivity index is 1.49. The van der Waals surface area contributed by atoms with E-state index in [1.54, 1.807) is 0 Å². The summed E-state index contributed by atoms with van der Waals surface area (Å²) in [5.74, 6) is 1.59. The maximum absolute atomic E-state index is 13.2. The summed E-state index contributed by atoms with van der Waals surface area (Å²) in [7, 11) is 0. The molecule has 0 spiro atoms. The first-order chi connectivity index (χ1) is 19.5. The van der Waals surface area contributed by atoms with Gasteiger partial charge in [0.2, 0.25) is 0 Å². The fourth-order valence-corrected chi connectivity index (χ4v) is 5.23. The summed E-state index contributed by atoms with van der Waals surface area (Å²) in [5, 5.41) is 13.8. The Labute approximate surface area is 234 Å². The average Bonchev–Trinajstić information content (AvgIpc) is 3.41. The lowest BCUT2D eigenvalue weighted by atomic mass is 10.1. The zero-order chi connectivity index (χ0) is 27.9. The van der Waals surface area contributed by atoms with Gasteiger partial charge in [-0.3, -0.25) is 9.69 Å². The minimum absolute atomic E-state index is 0.0756. The Morgan fingerprint density at radius 3 is 2.58 bits per heavy atom. The molecule has 1 N–H and O–H groups in total. The number of H-pyrrole nitrogens is 1. The quantitative estimate of drug-likeness (QED) is 0.228. The van der Waals surface area contributed by atoms with Gasteiger partial charge in [0.25, 0.3) is 5.56 Å². The molecule has 0 aliphatic heterocycles. The molecule has 0 saturated heterocycles. The van der Waals surface area contributed by atoms with Crippen LogP contribution in [0, 0.1) is 6.92 Å². The number of rotatable bonds is 12. The Morgan fingerprint density at radius 1 is 0.975 bits per heavy atom. The predicted molar refractivity (Wildman–Crippen MR) is 157 cm³/mol. The number of tetrazole rings is 1. The second-order valence-corrected chi connectivity index (χ2v) is 10.1. The van der Waals surface area contributed by atoms with Crippen LogP contribution in [0.25, 0.3) is 10.9 Å². The molecule has 0 amide bonds. The molecule has 5 aromatic rings. The number of benzene rings is 3. The number of hydrogen-bond acceptors (Lipinski definition) is 6. The van der Waals surface area contributed by atoms with Crippen molar-refractivity contribution < 1.29 is 4.74 Å². The molecule has 0 radical (unpaired) electrons. The highest BCUT2D eigenvalue weighted by Crippen LogP contribution is 2.26. The lowest BCUT2D eigenvalue weighted by Gasteiger charge is -2.30. The first-order valence-corrected chi connectivity index (χ1v) is 13.9. The number of fused-ring (bicyclic) bond motifs is 1. The molecule has 3 aromatic carbocycles. The van der Waals surface area contributed by atoms with E-state index in [0.29, 0.717) is 25.3 Å². The number of aromatic amines is 1. The average molecular weight is 537 g/mol. The van der Waals surface area contributed by atoms with Crippen molar-refractivity contribution in [2.24, 2.45) is 0 Å². The number of nitrogens with zero attached hydrogens (tertiary/aromatic N) is 5. The van der Waals surface area contributed by atoms with Gasteiger partial charge in [0, 0.05) is 29.6 Å². The van der Waals surface area contributed by atoms with Crippen molar-refractivity contribution in [3.63, 3.8) is 0 Å². The molecule has 0 aliphatic carbocycles. The van der Waals surface area contributed by atoms with Crippen LogP contribution in [-0.4, -0.2) is 43.2 Å². The minimum atomic E-state index is -0.0871. The third kappa shape index (κ3) is 6.46. The summed E-state index contributed by atoms with van der Waals surface area (Å²) in [6.07, 6.45) is 1.64. The second-order valence-electron chi connectivity index (χ2n) is 10.1. The van der Waals surface area contributed by atoms with E-state index in [1.807, 2.05) is 54.1 Å². The zero-order valence-corrected chi connectivity index (χ0v) is 23.4. The van der Waals surface area contributed by atoms with Crippen LogP contribution in [0.2, 0.25) is 0 Å². The highest BCUT2D eigenvalue weighted by Gasteiger charge is 2.26. The van der Waals surface area contributed by atoms with Gasteiger partial charge in [0.15, 0.2) is 5.82 Å². The van der Waals surface area contributed by atoms with Gasteiger partial charge >= 0.3 is 0 Å². The van der Waals surface area contributed by atoms with Crippen molar-refractivity contribution in [3.05, 3.63) is 117 Å². The van der Waals surface area contributed by atoms with Crippen molar-refractivity contribution >= 4 is 10.9 Å². The summed E-state index contributed by atoms with van der Waals surface area (Å²) < 4.78 is 7.58. The van der Waals surface area contributed by atoms with Gasteiger partial charge in [-0.2, -0.15) is 0 Å². The maximum Gasteiger partial charge on any atom is 0.252 e. The number of aryl methyl sites for hydroxylation is 1. The Kier molecular flexibility index (Phi) is 8.66. The van der Waals surface area contributed by atoms with Crippen molar-refractivity contribution in [1.82, 2.24) is 30.1 Å². The normalized spacial score (nSPS) is 12.2. The largest absolute Gasteiger partial charge is 0.494 e. The highest BCUT2D eigenvalue weighted by atomic mass is 16.5. The SMILES string of the molecule is CCOc1ccc2[nH]c(=O)c(CN(CCc3cccc(C)c3)[C@H](CC)c3nnnn3Cc3ccccc3)cc2c1. The van der Waals surface area contributed by atoms with Crippen molar-refractivity contribution in [1.29, 1.82) is 0 Å². The van der Waals surface area contributed by atoms with Crippen molar-refractivity contribution in [2.75, 3.05) is 13.2 Å². The standard InChI is InChI=1S/C32H36N6O2/c1-4-30(31-34-35-36-38(31)21-25-11-7-6-8-12-25)37(17-16-24-13-9-10-23(3)18-24)22-27-19-26-20-28(40-5-2)14-15-29(26)33-32(27)39/h6-15,18-20,30H,4-5,16-17,21-22H2,1-3H3,(H,33,39)/t30-/m1/s1. The van der Waals surface area contributed by atoms with Gasteiger partial charge in [-0.1, -0.05) is 67.1 Å². The van der Waals surface area contributed by atoms with Crippen LogP contribution in [0.1, 0.15) is 54.4 Å². The summed E-state index contributed by atoms with van der Waals surface area (Å²) in [6.45, 7) is 8.60. The molecule has 8 nitrogen and oxygen atoms in total. The van der Waals surface area contributed by atoms with E-state index in [4.69, 9.17) is 4.74 Å². The van der Waals surface area contributed by atoms with E-state index in [2.05, 4.69) is 75.7 Å². The molecular formula is C32H36N6O2. The molecule has 2 heterocycles. The van der Waals surface area contributed by atoms with Crippen LogP contribution in [0.3, 0.4) is 0 Å². The summed E-state index contributed by atoms with van der Waals surface area (Å²) in [6, 6.07) is 26.4. The van der Waals surface area contributed by atoms with E-state index in [-0.39, 0.29) is 11.6 Å². The van der Waals surface area contributed by atoms with Crippen molar-refractivity contribution in [2.45, 2.75) is 52.7 Å². The molecule has 1 atom stereocenters. The van der Waals surface area contributed by atoms with E-state index in [0.717, 1.165) is 47.4 Å². The van der Waals surface area contributed by atoms with E-state index < -0.39 is 0 Å². The molecule has 0 aliphatic rings.